The number of hydrogen-bond donors (Lipinski definition) is 1. The van der Waals surface area contributed by atoms with E-state index in [2.05, 4.69) is 16.2 Å². The van der Waals surface area contributed by atoms with Crippen LogP contribution in [0.2, 0.25) is 0 Å². The number of amides is 2. The summed E-state index contributed by atoms with van der Waals surface area (Å²) in [4.78, 5) is 31.7. The molecule has 6 nitrogen and oxygen atoms in total. The number of benzene rings is 2. The van der Waals surface area contributed by atoms with Crippen molar-refractivity contribution in [2.75, 3.05) is 6.54 Å². The lowest BCUT2D eigenvalue weighted by Crippen LogP contribution is -2.66. The number of nitrogens with one attached hydrogen (secondary N) is 1. The van der Waals surface area contributed by atoms with Crippen LogP contribution in [-0.4, -0.2) is 45.5 Å². The van der Waals surface area contributed by atoms with E-state index in [0.29, 0.717) is 6.42 Å². The molecule has 5 rings (SSSR count). The minimum Gasteiger partial charge on any atom is -0.356 e. The van der Waals surface area contributed by atoms with Crippen molar-refractivity contribution in [2.45, 2.75) is 38.8 Å². The van der Waals surface area contributed by atoms with E-state index in [1.165, 1.54) is 5.01 Å². The van der Waals surface area contributed by atoms with Gasteiger partial charge in [0.1, 0.15) is 12.6 Å². The van der Waals surface area contributed by atoms with Crippen molar-refractivity contribution in [1.82, 2.24) is 14.9 Å². The highest BCUT2D eigenvalue weighted by atomic mass is 16.2. The Bertz CT molecular complexity index is 1210. The third-order valence-corrected chi connectivity index (χ3v) is 6.22. The first-order valence-electron chi connectivity index (χ1n) is 10.2. The molecule has 6 heteroatoms. The van der Waals surface area contributed by atoms with E-state index in [1.807, 2.05) is 63.2 Å². The summed E-state index contributed by atoms with van der Waals surface area (Å²) in [6, 6.07) is 15.4. The fraction of sp³-hybridized carbons (Fsp3) is 0.292. The van der Waals surface area contributed by atoms with Crippen molar-refractivity contribution in [3.05, 3.63) is 70.9 Å². The van der Waals surface area contributed by atoms with Gasteiger partial charge < -0.3 is 9.88 Å². The molecule has 1 atom stereocenters. The largest absolute Gasteiger partial charge is 0.356 e. The SMILES string of the molecule is Cc1cccc(/C=N/N2CC(=O)N3C(Cc4c([nH]c5ccccc45)C3(C)C)C2=O)c1. The molecule has 152 valence electrons. The van der Waals surface area contributed by atoms with Crippen LogP contribution < -0.4 is 0 Å². The summed E-state index contributed by atoms with van der Waals surface area (Å²) in [5, 5.41) is 6.81. The highest BCUT2D eigenvalue weighted by Crippen LogP contribution is 2.42. The van der Waals surface area contributed by atoms with Gasteiger partial charge in [-0.1, -0.05) is 48.0 Å². The van der Waals surface area contributed by atoms with Gasteiger partial charge in [-0.05, 0) is 38.0 Å². The van der Waals surface area contributed by atoms with Gasteiger partial charge >= 0.3 is 0 Å². The molecule has 0 saturated carbocycles. The molecule has 0 radical (unpaired) electrons. The van der Waals surface area contributed by atoms with Crippen molar-refractivity contribution in [3.8, 4) is 0 Å². The predicted octanol–water partition coefficient (Wildman–Crippen LogP) is 3.34. The number of aromatic amines is 1. The standard InChI is InChI=1S/C24H24N4O2/c1-15-7-6-8-16(11-15)13-25-27-14-21(29)28-20(23(27)30)12-18-17-9-4-5-10-19(17)26-22(18)24(28,2)3/h4-11,13,20,26H,12,14H2,1-3H3/b25-13+. The highest BCUT2D eigenvalue weighted by molar-refractivity contribution is 5.98. The first kappa shape index (κ1) is 18.6. The van der Waals surface area contributed by atoms with E-state index in [1.54, 1.807) is 11.1 Å². The third kappa shape index (κ3) is 2.75. The van der Waals surface area contributed by atoms with Gasteiger partial charge in [-0.25, -0.2) is 5.01 Å². The molecule has 0 bridgehead atoms. The van der Waals surface area contributed by atoms with E-state index < -0.39 is 11.6 Å². The Kier molecular flexibility index (Phi) is 4.07. The number of hydrazone groups is 1. The summed E-state index contributed by atoms with van der Waals surface area (Å²) < 4.78 is 0. The number of piperazine rings is 1. The van der Waals surface area contributed by atoms with Gasteiger partial charge in [-0.3, -0.25) is 9.59 Å². The average Bonchev–Trinajstić information content (AvgIpc) is 3.09. The van der Waals surface area contributed by atoms with Crippen molar-refractivity contribution in [3.63, 3.8) is 0 Å². The number of fused-ring (bicyclic) bond motifs is 4. The smallest absolute Gasteiger partial charge is 0.266 e. The summed E-state index contributed by atoms with van der Waals surface area (Å²) in [5.41, 5.74) is 4.58. The van der Waals surface area contributed by atoms with E-state index >= 15 is 0 Å². The van der Waals surface area contributed by atoms with E-state index in [9.17, 15) is 9.59 Å². The van der Waals surface area contributed by atoms with Gasteiger partial charge in [0.15, 0.2) is 0 Å². The molecular formula is C24H24N4O2. The van der Waals surface area contributed by atoms with Gasteiger partial charge in [0.05, 0.1) is 11.8 Å². The molecule has 1 fully saturated rings. The highest BCUT2D eigenvalue weighted by Gasteiger charge is 2.51. The van der Waals surface area contributed by atoms with Gasteiger partial charge in [-0.2, -0.15) is 5.10 Å². The van der Waals surface area contributed by atoms with E-state index in [0.717, 1.165) is 33.3 Å². The van der Waals surface area contributed by atoms with Crippen LogP contribution in [0, 0.1) is 6.92 Å². The van der Waals surface area contributed by atoms with Crippen LogP contribution in [0.1, 0.15) is 36.2 Å². The Morgan fingerprint density at radius 2 is 1.93 bits per heavy atom. The maximum Gasteiger partial charge on any atom is 0.266 e. The summed E-state index contributed by atoms with van der Waals surface area (Å²) in [6.45, 7) is 5.97. The fourth-order valence-corrected chi connectivity index (χ4v) is 4.85. The average molecular weight is 400 g/mol. The second kappa shape index (κ2) is 6.55. The molecule has 2 amide bonds. The Balaban J connectivity index is 1.52. The van der Waals surface area contributed by atoms with Gasteiger partial charge in [0.2, 0.25) is 5.91 Å². The molecule has 2 aliphatic heterocycles. The normalized spacial score (nSPS) is 20.7. The second-order valence-corrected chi connectivity index (χ2v) is 8.62. The minimum absolute atomic E-state index is 0.0450. The van der Waals surface area contributed by atoms with Crippen molar-refractivity contribution in [2.24, 2.45) is 5.10 Å². The van der Waals surface area contributed by atoms with Gasteiger partial charge in [0.25, 0.3) is 5.91 Å². The number of nitrogens with zero attached hydrogens (tertiary/aromatic N) is 3. The monoisotopic (exact) mass is 400 g/mol. The third-order valence-electron chi connectivity index (χ3n) is 6.22. The lowest BCUT2D eigenvalue weighted by molar-refractivity contribution is -0.163. The van der Waals surface area contributed by atoms with E-state index in [-0.39, 0.29) is 18.4 Å². The summed E-state index contributed by atoms with van der Waals surface area (Å²) in [5.74, 6) is -0.224. The van der Waals surface area contributed by atoms with Crippen molar-refractivity contribution in [1.29, 1.82) is 0 Å². The molecule has 30 heavy (non-hydrogen) atoms. The predicted molar refractivity (Wildman–Crippen MR) is 116 cm³/mol. The van der Waals surface area contributed by atoms with Crippen LogP contribution in [0.25, 0.3) is 10.9 Å². The first-order valence-corrected chi connectivity index (χ1v) is 10.2. The Labute approximate surface area is 175 Å². The second-order valence-electron chi connectivity index (χ2n) is 8.62. The maximum atomic E-state index is 13.4. The van der Waals surface area contributed by atoms with Gasteiger partial charge in [-0.15, -0.1) is 0 Å². The van der Waals surface area contributed by atoms with Crippen LogP contribution in [0.3, 0.4) is 0 Å². The molecule has 3 aromatic rings. The lowest BCUT2D eigenvalue weighted by Gasteiger charge is -2.50. The van der Waals surface area contributed by atoms with Crippen LogP contribution in [0.15, 0.2) is 53.6 Å². The molecule has 2 aromatic carbocycles. The molecule has 1 unspecified atom stereocenters. The Morgan fingerprint density at radius 3 is 2.73 bits per heavy atom. The summed E-state index contributed by atoms with van der Waals surface area (Å²) in [7, 11) is 0. The quantitative estimate of drug-likeness (QED) is 0.671. The van der Waals surface area contributed by atoms with Crippen LogP contribution in [-0.2, 0) is 21.5 Å². The molecule has 0 aliphatic carbocycles. The first-order chi connectivity index (χ1) is 14.4. The van der Waals surface area contributed by atoms with Gasteiger partial charge in [0, 0.05) is 23.0 Å². The number of rotatable bonds is 2. The molecule has 1 aromatic heterocycles. The summed E-state index contributed by atoms with van der Waals surface area (Å²) >= 11 is 0. The number of hydrogen-bond acceptors (Lipinski definition) is 3. The molecule has 2 aliphatic rings. The van der Waals surface area contributed by atoms with E-state index in [4.69, 9.17) is 0 Å². The Morgan fingerprint density at radius 1 is 1.13 bits per heavy atom. The maximum absolute atomic E-state index is 13.4. The van der Waals surface area contributed by atoms with Crippen LogP contribution in [0.4, 0.5) is 0 Å². The Hall–Kier alpha value is -3.41. The summed E-state index contributed by atoms with van der Waals surface area (Å²) in [6.07, 6.45) is 2.14. The zero-order valence-corrected chi connectivity index (χ0v) is 17.3. The zero-order chi connectivity index (χ0) is 21.0. The van der Waals surface area contributed by atoms with Crippen molar-refractivity contribution < 1.29 is 9.59 Å². The fourth-order valence-electron chi connectivity index (χ4n) is 4.85. The van der Waals surface area contributed by atoms with Crippen LogP contribution >= 0.6 is 0 Å². The van der Waals surface area contributed by atoms with Crippen LogP contribution in [0.5, 0.6) is 0 Å². The lowest BCUT2D eigenvalue weighted by atomic mass is 9.82. The number of H-pyrrole nitrogens is 1. The zero-order valence-electron chi connectivity index (χ0n) is 17.3. The molecular weight excluding hydrogens is 376 g/mol. The molecule has 0 spiro atoms. The minimum atomic E-state index is -0.601. The number of para-hydroxylation sites is 1. The van der Waals surface area contributed by atoms with Crippen molar-refractivity contribution >= 4 is 28.9 Å². The topological polar surface area (TPSA) is 68.8 Å². The number of aryl methyl sites for hydroxylation is 1. The number of carbonyl (C=O) groups excluding carboxylic acids is 2. The molecule has 1 saturated heterocycles. The molecule has 3 heterocycles. The number of carbonyl (C=O) groups is 2. The molecule has 1 N–H and O–H groups in total. The number of aromatic nitrogens is 1.